The van der Waals surface area contributed by atoms with Crippen molar-refractivity contribution in [3.63, 3.8) is 0 Å². The molecule has 4 N–H and O–H groups in total. The molecule has 7 heteroatoms. The molecule has 0 heterocycles. The van der Waals surface area contributed by atoms with Crippen LogP contribution in [-0.2, 0) is 14.4 Å². The molecule has 4 aliphatic carbocycles. The summed E-state index contributed by atoms with van der Waals surface area (Å²) in [6.45, 7) is 16.1. The zero-order chi connectivity index (χ0) is 29.1. The van der Waals surface area contributed by atoms with Crippen molar-refractivity contribution in [1.29, 1.82) is 0 Å². The molecule has 0 bridgehead atoms. The number of hydrogen-bond donors (Lipinski definition) is 4. The highest BCUT2D eigenvalue weighted by Crippen LogP contribution is 2.78. The van der Waals surface area contributed by atoms with Gasteiger partial charge in [0.15, 0.2) is 11.6 Å². The number of rotatable bonds is 4. The summed E-state index contributed by atoms with van der Waals surface area (Å²) in [4.78, 5) is 40.6. The second kappa shape index (κ2) is 8.18. The van der Waals surface area contributed by atoms with Gasteiger partial charge in [-0.25, -0.2) is 0 Å². The van der Waals surface area contributed by atoms with Crippen molar-refractivity contribution in [2.24, 2.45) is 38.9 Å². The first-order chi connectivity index (χ1) is 17.0. The summed E-state index contributed by atoms with van der Waals surface area (Å²) in [6.07, 6.45) is 3.43. The fourth-order valence-electron chi connectivity index (χ4n) is 9.42. The number of Topliss-reactive ketones (excluding diaryl/α,β-unsaturated/α-hetero) is 2. The summed E-state index contributed by atoms with van der Waals surface area (Å²) in [6, 6.07) is 0. The van der Waals surface area contributed by atoms with Gasteiger partial charge in [0, 0.05) is 23.2 Å². The third-order valence-electron chi connectivity index (χ3n) is 12.1. The van der Waals surface area contributed by atoms with Gasteiger partial charge in [-0.05, 0) is 82.1 Å². The molecule has 4 rings (SSSR count). The molecule has 9 atom stereocenters. The average Bonchev–Trinajstić information content (AvgIpc) is 2.98. The van der Waals surface area contributed by atoms with Crippen LogP contribution in [0.1, 0.15) is 88.0 Å². The lowest BCUT2D eigenvalue weighted by Crippen LogP contribution is -2.69. The van der Waals surface area contributed by atoms with E-state index in [0.29, 0.717) is 12.8 Å². The number of carbonyl (C=O) groups excluding carboxylic acids is 3. The van der Waals surface area contributed by atoms with Gasteiger partial charge in [0.1, 0.15) is 17.5 Å². The lowest BCUT2D eigenvalue weighted by atomic mass is 9.33. The van der Waals surface area contributed by atoms with Crippen LogP contribution in [0.5, 0.6) is 0 Å². The first-order valence-electron chi connectivity index (χ1n) is 13.8. The molecule has 0 radical (unpaired) electrons. The summed E-state index contributed by atoms with van der Waals surface area (Å²) >= 11 is 0. The normalized spacial score (nSPS) is 46.2. The lowest BCUT2D eigenvalue weighted by molar-refractivity contribution is -0.210. The summed E-state index contributed by atoms with van der Waals surface area (Å²) in [7, 11) is 0. The highest BCUT2D eigenvalue weighted by atomic mass is 16.3. The highest BCUT2D eigenvalue weighted by Gasteiger charge is 2.78. The predicted octanol–water partition coefficient (Wildman–Crippen LogP) is 3.32. The molecular formula is C31H46O7. The summed E-state index contributed by atoms with van der Waals surface area (Å²) < 4.78 is 0. The molecule has 0 spiro atoms. The van der Waals surface area contributed by atoms with Gasteiger partial charge in [-0.3, -0.25) is 14.4 Å². The Labute approximate surface area is 226 Å². The van der Waals surface area contributed by atoms with Crippen LogP contribution >= 0.6 is 0 Å². The van der Waals surface area contributed by atoms with Crippen LogP contribution in [0.2, 0.25) is 0 Å². The van der Waals surface area contributed by atoms with Gasteiger partial charge in [0.2, 0.25) is 0 Å². The second-order valence-electron chi connectivity index (χ2n) is 14.8. The number of fused-ring (bicyclic) bond motifs is 5. The molecule has 38 heavy (non-hydrogen) atoms. The van der Waals surface area contributed by atoms with Crippen molar-refractivity contribution in [2.45, 2.75) is 111 Å². The van der Waals surface area contributed by atoms with Crippen molar-refractivity contribution < 1.29 is 34.8 Å². The number of aliphatic hydroxyl groups excluding tert-OH is 2. The maximum absolute atomic E-state index is 14.4. The molecule has 0 unspecified atom stereocenters. The Morgan fingerprint density at radius 1 is 1.00 bits per heavy atom. The fourth-order valence-corrected chi connectivity index (χ4v) is 9.42. The maximum atomic E-state index is 14.4. The monoisotopic (exact) mass is 530 g/mol. The van der Waals surface area contributed by atoms with E-state index in [4.69, 9.17) is 0 Å². The van der Waals surface area contributed by atoms with E-state index in [1.165, 1.54) is 32.9 Å². The second-order valence-corrected chi connectivity index (χ2v) is 14.8. The highest BCUT2D eigenvalue weighted by molar-refractivity contribution is 5.98. The van der Waals surface area contributed by atoms with E-state index in [0.717, 1.165) is 5.57 Å². The van der Waals surface area contributed by atoms with E-state index < -0.39 is 62.2 Å². The van der Waals surface area contributed by atoms with E-state index in [1.807, 2.05) is 27.7 Å². The van der Waals surface area contributed by atoms with Crippen molar-refractivity contribution in [3.05, 3.63) is 23.8 Å². The van der Waals surface area contributed by atoms with Gasteiger partial charge in [0.05, 0.1) is 11.7 Å². The molecule has 212 valence electrons. The molecule has 0 aliphatic heterocycles. The van der Waals surface area contributed by atoms with Crippen LogP contribution in [0.4, 0.5) is 0 Å². The number of carbonyl (C=O) groups is 3. The van der Waals surface area contributed by atoms with Gasteiger partial charge < -0.3 is 20.4 Å². The first kappa shape index (κ1) is 29.3. The van der Waals surface area contributed by atoms with Crippen LogP contribution in [-0.4, -0.2) is 61.2 Å². The Balaban J connectivity index is 1.86. The molecule has 7 nitrogen and oxygen atoms in total. The summed E-state index contributed by atoms with van der Waals surface area (Å²) in [5, 5.41) is 44.0. The summed E-state index contributed by atoms with van der Waals surface area (Å²) in [5.74, 6) is -2.11. The Morgan fingerprint density at radius 2 is 1.58 bits per heavy atom. The Kier molecular flexibility index (Phi) is 6.31. The van der Waals surface area contributed by atoms with Crippen molar-refractivity contribution >= 4 is 17.3 Å². The van der Waals surface area contributed by atoms with Crippen molar-refractivity contribution in [1.82, 2.24) is 0 Å². The minimum atomic E-state index is -1.97. The van der Waals surface area contributed by atoms with Gasteiger partial charge in [-0.1, -0.05) is 45.4 Å². The fraction of sp³-hybridized carbons (Fsp3) is 0.774. The number of hydrogen-bond acceptors (Lipinski definition) is 7. The maximum Gasteiger partial charge on any atom is 0.187 e. The molecule has 0 amide bonds. The third-order valence-corrected chi connectivity index (χ3v) is 12.1. The predicted molar refractivity (Wildman–Crippen MR) is 143 cm³/mol. The van der Waals surface area contributed by atoms with Gasteiger partial charge in [0.25, 0.3) is 0 Å². The van der Waals surface area contributed by atoms with E-state index in [1.54, 1.807) is 0 Å². The molecule has 3 fully saturated rings. The number of ketones is 3. The smallest absolute Gasteiger partial charge is 0.187 e. The molecule has 4 aliphatic rings. The van der Waals surface area contributed by atoms with Crippen LogP contribution in [0.3, 0.4) is 0 Å². The van der Waals surface area contributed by atoms with Crippen LogP contribution in [0.25, 0.3) is 0 Å². The third kappa shape index (κ3) is 3.44. The minimum Gasteiger partial charge on any atom is -0.393 e. The van der Waals surface area contributed by atoms with E-state index in [-0.39, 0.29) is 30.3 Å². The van der Waals surface area contributed by atoms with Crippen molar-refractivity contribution in [3.8, 4) is 0 Å². The molecular weight excluding hydrogens is 484 g/mol. The van der Waals surface area contributed by atoms with E-state index in [9.17, 15) is 34.8 Å². The van der Waals surface area contributed by atoms with Crippen LogP contribution < -0.4 is 0 Å². The Bertz CT molecular complexity index is 1140. The SMILES string of the molecule is CC(C)(O)/C=C/C(=O)[C@](C)(O)[C@H]1[C@H](O)C[C@@]2(C)[C@]3(C)CC=C4[C@@H](C[C@H](O)C(=O)C4(C)C)[C@]3(C)C(=O)C[C@]12C. The van der Waals surface area contributed by atoms with Crippen LogP contribution in [0.15, 0.2) is 23.8 Å². The van der Waals surface area contributed by atoms with Gasteiger partial charge >= 0.3 is 0 Å². The van der Waals surface area contributed by atoms with Crippen LogP contribution in [0, 0.1) is 38.9 Å². The molecule has 0 aromatic rings. The number of aliphatic hydroxyl groups is 4. The minimum absolute atomic E-state index is 0.0256. The largest absolute Gasteiger partial charge is 0.393 e. The molecule has 0 aromatic heterocycles. The van der Waals surface area contributed by atoms with E-state index in [2.05, 4.69) is 19.9 Å². The molecule has 3 saturated carbocycles. The Hall–Kier alpha value is -1.67. The van der Waals surface area contributed by atoms with Gasteiger partial charge in [-0.15, -0.1) is 0 Å². The van der Waals surface area contributed by atoms with Gasteiger partial charge in [-0.2, -0.15) is 0 Å². The lowest BCUT2D eigenvalue weighted by Gasteiger charge is -2.70. The standard InChI is InChI=1S/C31H46O7/c1-25(2,37)12-11-21(34)31(9,38)23-20(33)15-29(7)27(23,5)16-22(35)30(8)18-14-19(32)24(36)26(3,4)17(18)10-13-28(29,30)6/h10-12,18-20,23,32-33,37-38H,13-16H2,1-9H3/b12-11+/t18-,19+,20-,23+,27-,28+,29-,30-,31+/m1/s1. The van der Waals surface area contributed by atoms with Crippen molar-refractivity contribution in [2.75, 3.05) is 0 Å². The first-order valence-corrected chi connectivity index (χ1v) is 13.8. The molecule has 0 saturated heterocycles. The zero-order valence-electron chi connectivity index (χ0n) is 24.4. The molecule has 0 aromatic carbocycles. The number of allylic oxidation sites excluding steroid dienone is 2. The topological polar surface area (TPSA) is 132 Å². The zero-order valence-corrected chi connectivity index (χ0v) is 24.4. The average molecular weight is 531 g/mol. The quantitative estimate of drug-likeness (QED) is 0.324. The Morgan fingerprint density at radius 3 is 2.13 bits per heavy atom. The summed E-state index contributed by atoms with van der Waals surface area (Å²) in [5.41, 5.74) is -6.35. The van der Waals surface area contributed by atoms with E-state index >= 15 is 0 Å².